The van der Waals surface area contributed by atoms with Gasteiger partial charge in [0, 0.05) is 5.92 Å². The summed E-state index contributed by atoms with van der Waals surface area (Å²) in [6, 6.07) is 0. The molecule has 0 N–H and O–H groups in total. The van der Waals surface area contributed by atoms with E-state index in [4.69, 9.17) is 0 Å². The van der Waals surface area contributed by atoms with Crippen molar-refractivity contribution in [3.05, 3.63) is 12.7 Å². The molecule has 0 bridgehead atoms. The summed E-state index contributed by atoms with van der Waals surface area (Å²) in [4.78, 5) is 10.3. The molecule has 0 spiro atoms. The number of carbonyl (C=O) groups excluding carboxylic acids is 1. The van der Waals surface area contributed by atoms with Crippen LogP contribution in [0, 0.1) is 5.92 Å². The van der Waals surface area contributed by atoms with Crippen LogP contribution in [0.25, 0.3) is 0 Å². The summed E-state index contributed by atoms with van der Waals surface area (Å²) in [5, 5.41) is 0. The molecular weight excluding hydrogens is 136 g/mol. The van der Waals surface area contributed by atoms with Crippen molar-refractivity contribution in [2.24, 2.45) is 5.92 Å². The molecule has 64 valence electrons. The molecule has 1 atom stereocenters. The molecule has 0 aromatic rings. The number of hydrogen-bond acceptors (Lipinski definition) is 1. The summed E-state index contributed by atoms with van der Waals surface area (Å²) in [5.41, 5.74) is 0. The van der Waals surface area contributed by atoms with E-state index in [1.54, 1.807) is 6.08 Å². The number of hydrogen-bond donors (Lipinski definition) is 0. The van der Waals surface area contributed by atoms with Gasteiger partial charge < -0.3 is 4.79 Å². The third kappa shape index (κ3) is 5.84. The van der Waals surface area contributed by atoms with Crippen molar-refractivity contribution < 1.29 is 4.79 Å². The molecule has 1 heteroatoms. The summed E-state index contributed by atoms with van der Waals surface area (Å²) >= 11 is 0. The van der Waals surface area contributed by atoms with Crippen molar-refractivity contribution in [3.8, 4) is 0 Å². The van der Waals surface area contributed by atoms with E-state index >= 15 is 0 Å². The first-order valence-electron chi connectivity index (χ1n) is 4.43. The second-order valence-corrected chi connectivity index (χ2v) is 2.88. The Hall–Kier alpha value is -0.590. The third-order valence-electron chi connectivity index (χ3n) is 1.87. The van der Waals surface area contributed by atoms with Gasteiger partial charge in [-0.3, -0.25) is 0 Å². The Balaban J connectivity index is 3.21. The lowest BCUT2D eigenvalue weighted by atomic mass is 10.0. The van der Waals surface area contributed by atoms with Crippen LogP contribution in [0.4, 0.5) is 0 Å². The van der Waals surface area contributed by atoms with Crippen LogP contribution in [0.2, 0.25) is 0 Å². The number of aldehydes is 1. The van der Waals surface area contributed by atoms with Crippen molar-refractivity contribution in [2.45, 2.75) is 39.0 Å². The Morgan fingerprint density at radius 2 is 2.09 bits per heavy atom. The van der Waals surface area contributed by atoms with Gasteiger partial charge in [-0.2, -0.15) is 0 Å². The van der Waals surface area contributed by atoms with Gasteiger partial charge in [-0.15, -0.1) is 6.58 Å². The lowest BCUT2D eigenvalue weighted by Crippen LogP contribution is -1.96. The Labute approximate surface area is 69.5 Å². The maximum atomic E-state index is 10.3. The molecule has 0 aliphatic carbocycles. The predicted molar refractivity (Wildman–Crippen MR) is 48.5 cm³/mol. The predicted octanol–water partition coefficient (Wildman–Crippen LogP) is 2.96. The van der Waals surface area contributed by atoms with Crippen molar-refractivity contribution >= 4 is 6.29 Å². The van der Waals surface area contributed by atoms with Crippen LogP contribution < -0.4 is 0 Å². The second-order valence-electron chi connectivity index (χ2n) is 2.88. The zero-order chi connectivity index (χ0) is 8.53. The second kappa shape index (κ2) is 7.52. The minimum absolute atomic E-state index is 0.0897. The van der Waals surface area contributed by atoms with E-state index in [2.05, 4.69) is 13.5 Å². The highest BCUT2D eigenvalue weighted by Crippen LogP contribution is 2.09. The first-order valence-corrected chi connectivity index (χ1v) is 4.43. The van der Waals surface area contributed by atoms with Crippen LogP contribution in [-0.4, -0.2) is 6.29 Å². The fourth-order valence-corrected chi connectivity index (χ4v) is 1.05. The van der Waals surface area contributed by atoms with Crippen LogP contribution >= 0.6 is 0 Å². The summed E-state index contributed by atoms with van der Waals surface area (Å²) in [7, 11) is 0. The minimum atomic E-state index is 0.0897. The average molecular weight is 154 g/mol. The van der Waals surface area contributed by atoms with E-state index < -0.39 is 0 Å². The topological polar surface area (TPSA) is 17.1 Å². The molecule has 1 nitrogen and oxygen atoms in total. The molecule has 0 rings (SSSR count). The van der Waals surface area contributed by atoms with E-state index in [-0.39, 0.29) is 5.92 Å². The number of allylic oxidation sites excluding steroid dienone is 1. The Kier molecular flexibility index (Phi) is 7.11. The van der Waals surface area contributed by atoms with E-state index in [0.717, 1.165) is 19.1 Å². The molecule has 0 aliphatic rings. The molecule has 1 unspecified atom stereocenters. The Morgan fingerprint density at radius 1 is 1.36 bits per heavy atom. The average Bonchev–Trinajstić information content (AvgIpc) is 2.05. The van der Waals surface area contributed by atoms with Crippen molar-refractivity contribution in [1.82, 2.24) is 0 Å². The summed E-state index contributed by atoms with van der Waals surface area (Å²) in [6.45, 7) is 5.78. The first-order chi connectivity index (χ1) is 5.35. The Morgan fingerprint density at radius 3 is 2.55 bits per heavy atom. The highest BCUT2D eigenvalue weighted by molar-refractivity contribution is 5.56. The monoisotopic (exact) mass is 154 g/mol. The van der Waals surface area contributed by atoms with Gasteiger partial charge in [-0.1, -0.05) is 38.7 Å². The third-order valence-corrected chi connectivity index (χ3v) is 1.87. The SMILES string of the molecule is C=CC(C=O)CCCCCC. The fraction of sp³-hybridized carbons (Fsp3) is 0.700. The zero-order valence-corrected chi connectivity index (χ0v) is 7.38. The molecule has 0 amide bonds. The van der Waals surface area contributed by atoms with E-state index in [1.807, 2.05) is 0 Å². The number of rotatable bonds is 7. The zero-order valence-electron chi connectivity index (χ0n) is 7.38. The molecule has 0 heterocycles. The van der Waals surface area contributed by atoms with Gasteiger partial charge >= 0.3 is 0 Å². The molecule has 0 aromatic heterocycles. The molecule has 0 saturated heterocycles. The minimum Gasteiger partial charge on any atom is -0.303 e. The number of unbranched alkanes of at least 4 members (excludes halogenated alkanes) is 3. The summed E-state index contributed by atoms with van der Waals surface area (Å²) in [6.07, 6.45) is 8.63. The lowest BCUT2D eigenvalue weighted by Gasteiger charge is -2.02. The molecule has 0 fully saturated rings. The van der Waals surface area contributed by atoms with Crippen LogP contribution in [0.15, 0.2) is 12.7 Å². The van der Waals surface area contributed by atoms with Crippen LogP contribution in [0.5, 0.6) is 0 Å². The highest BCUT2D eigenvalue weighted by Gasteiger charge is 1.99. The summed E-state index contributed by atoms with van der Waals surface area (Å²) in [5.74, 6) is 0.0897. The molecule has 0 saturated carbocycles. The van der Waals surface area contributed by atoms with Crippen molar-refractivity contribution in [1.29, 1.82) is 0 Å². The van der Waals surface area contributed by atoms with Crippen LogP contribution in [-0.2, 0) is 4.79 Å². The molecular formula is C10H18O. The maximum absolute atomic E-state index is 10.3. The van der Waals surface area contributed by atoms with Gasteiger partial charge in [-0.05, 0) is 6.42 Å². The highest BCUT2D eigenvalue weighted by atomic mass is 16.1. The standard InChI is InChI=1S/C10H18O/c1-3-5-6-7-8-10(4-2)9-11/h4,9-10H,2-3,5-8H2,1H3. The molecule has 0 aromatic carbocycles. The normalized spacial score (nSPS) is 12.5. The van der Waals surface area contributed by atoms with Crippen molar-refractivity contribution in [2.75, 3.05) is 0 Å². The quantitative estimate of drug-likeness (QED) is 0.313. The first kappa shape index (κ1) is 10.4. The van der Waals surface area contributed by atoms with Crippen molar-refractivity contribution in [3.63, 3.8) is 0 Å². The fourth-order valence-electron chi connectivity index (χ4n) is 1.05. The maximum Gasteiger partial charge on any atom is 0.126 e. The van der Waals surface area contributed by atoms with Gasteiger partial charge in [0.05, 0.1) is 0 Å². The molecule has 0 aliphatic heterocycles. The largest absolute Gasteiger partial charge is 0.303 e. The van der Waals surface area contributed by atoms with E-state index in [9.17, 15) is 4.79 Å². The Bertz CT molecular complexity index is 99.4. The van der Waals surface area contributed by atoms with Gasteiger partial charge in [-0.25, -0.2) is 0 Å². The van der Waals surface area contributed by atoms with Crippen LogP contribution in [0.1, 0.15) is 39.0 Å². The van der Waals surface area contributed by atoms with Crippen LogP contribution in [0.3, 0.4) is 0 Å². The van der Waals surface area contributed by atoms with E-state index in [0.29, 0.717) is 0 Å². The summed E-state index contributed by atoms with van der Waals surface area (Å²) < 4.78 is 0. The van der Waals surface area contributed by atoms with Gasteiger partial charge in [0.25, 0.3) is 0 Å². The van der Waals surface area contributed by atoms with Gasteiger partial charge in [0.1, 0.15) is 6.29 Å². The van der Waals surface area contributed by atoms with Gasteiger partial charge in [0.2, 0.25) is 0 Å². The molecule has 0 radical (unpaired) electrons. The molecule has 11 heavy (non-hydrogen) atoms. The lowest BCUT2D eigenvalue weighted by molar-refractivity contribution is -0.110. The number of carbonyl (C=O) groups is 1. The van der Waals surface area contributed by atoms with E-state index in [1.165, 1.54) is 19.3 Å². The van der Waals surface area contributed by atoms with Gasteiger partial charge in [0.15, 0.2) is 0 Å². The smallest absolute Gasteiger partial charge is 0.126 e.